The van der Waals surface area contributed by atoms with Crippen LogP contribution in [0.2, 0.25) is 5.02 Å². The minimum atomic E-state index is -4.16. The first-order chi connectivity index (χ1) is 9.79. The van der Waals surface area contributed by atoms with Crippen LogP contribution in [0.4, 0.5) is 4.39 Å². The number of hydrogen-bond donors (Lipinski definition) is 1. The van der Waals surface area contributed by atoms with Crippen LogP contribution in [0.5, 0.6) is 0 Å². The van der Waals surface area contributed by atoms with Crippen molar-refractivity contribution in [1.29, 1.82) is 0 Å². The molecule has 2 rings (SSSR count). The zero-order chi connectivity index (χ0) is 15.6. The van der Waals surface area contributed by atoms with Crippen LogP contribution in [0.15, 0.2) is 17.0 Å². The van der Waals surface area contributed by atoms with Gasteiger partial charge in [0.2, 0.25) is 10.0 Å². The molecule has 1 fully saturated rings. The highest BCUT2D eigenvalue weighted by Crippen LogP contribution is 2.25. The van der Waals surface area contributed by atoms with Crippen LogP contribution in [-0.4, -0.2) is 34.2 Å². The van der Waals surface area contributed by atoms with Gasteiger partial charge in [-0.05, 0) is 18.6 Å². The number of nitrogens with two attached hydrogens (primary N) is 1. The van der Waals surface area contributed by atoms with E-state index in [2.05, 4.69) is 0 Å². The summed E-state index contributed by atoms with van der Waals surface area (Å²) in [4.78, 5) is 11.4. The van der Waals surface area contributed by atoms with Crippen LogP contribution < -0.4 is 5.14 Å². The number of carbonyl (C=O) groups excluding carboxylic acids is 1. The summed E-state index contributed by atoms with van der Waals surface area (Å²) in [6.07, 6.45) is 0.757. The van der Waals surface area contributed by atoms with Crippen molar-refractivity contribution < 1.29 is 27.1 Å². The standard InChI is InChI=1S/C12H13ClFNO5S/c13-11-9(3-8(4-10(11)14)21(15,17)18)12(16)20-6-7-1-2-19-5-7/h3-4,7H,1-2,5-6H2,(H2,15,17,18). The normalized spacial score (nSPS) is 18.7. The fourth-order valence-corrected chi connectivity index (χ4v) is 2.60. The lowest BCUT2D eigenvalue weighted by atomic mass is 10.1. The molecule has 0 saturated carbocycles. The fourth-order valence-electron chi connectivity index (χ4n) is 1.86. The molecule has 0 aliphatic carbocycles. The number of benzene rings is 1. The maximum Gasteiger partial charge on any atom is 0.339 e. The fraction of sp³-hybridized carbons (Fsp3) is 0.417. The number of rotatable bonds is 4. The zero-order valence-electron chi connectivity index (χ0n) is 10.8. The SMILES string of the molecule is NS(=O)(=O)c1cc(F)c(Cl)c(C(=O)OCC2CCOC2)c1. The lowest BCUT2D eigenvalue weighted by Crippen LogP contribution is -2.17. The first-order valence-corrected chi connectivity index (χ1v) is 7.98. The number of sulfonamides is 1. The van der Waals surface area contributed by atoms with Crippen LogP contribution in [0.1, 0.15) is 16.8 Å². The Kier molecular flexibility index (Phi) is 4.82. The number of ether oxygens (including phenoxy) is 2. The number of halogens is 2. The molecule has 116 valence electrons. The maximum atomic E-state index is 13.6. The second kappa shape index (κ2) is 6.27. The second-order valence-electron chi connectivity index (χ2n) is 4.64. The van der Waals surface area contributed by atoms with E-state index in [0.29, 0.717) is 19.3 Å². The van der Waals surface area contributed by atoms with E-state index in [4.69, 9.17) is 26.2 Å². The minimum absolute atomic E-state index is 0.0685. The molecular weight excluding hydrogens is 325 g/mol. The van der Waals surface area contributed by atoms with Gasteiger partial charge >= 0.3 is 5.97 Å². The average molecular weight is 338 g/mol. The van der Waals surface area contributed by atoms with E-state index in [1.165, 1.54) is 0 Å². The highest BCUT2D eigenvalue weighted by molar-refractivity contribution is 7.89. The first-order valence-electron chi connectivity index (χ1n) is 6.05. The molecule has 1 aliphatic rings. The molecule has 1 atom stereocenters. The van der Waals surface area contributed by atoms with E-state index >= 15 is 0 Å². The Morgan fingerprint density at radius 3 is 2.81 bits per heavy atom. The molecule has 1 aromatic rings. The highest BCUT2D eigenvalue weighted by atomic mass is 35.5. The van der Waals surface area contributed by atoms with Crippen molar-refractivity contribution in [2.75, 3.05) is 19.8 Å². The summed E-state index contributed by atoms with van der Waals surface area (Å²) in [6, 6.07) is 1.55. The van der Waals surface area contributed by atoms with Crippen molar-refractivity contribution >= 4 is 27.6 Å². The third kappa shape index (κ3) is 3.91. The van der Waals surface area contributed by atoms with Gasteiger partial charge in [0.15, 0.2) is 0 Å². The van der Waals surface area contributed by atoms with Crippen LogP contribution in [0.25, 0.3) is 0 Å². The third-order valence-corrected chi connectivity index (χ3v) is 4.30. The topological polar surface area (TPSA) is 95.7 Å². The maximum absolute atomic E-state index is 13.6. The van der Waals surface area contributed by atoms with Crippen molar-refractivity contribution in [3.8, 4) is 0 Å². The Morgan fingerprint density at radius 1 is 1.52 bits per heavy atom. The molecule has 1 unspecified atom stereocenters. The van der Waals surface area contributed by atoms with Crippen molar-refractivity contribution in [3.05, 3.63) is 28.5 Å². The quantitative estimate of drug-likeness (QED) is 0.836. The number of hydrogen-bond acceptors (Lipinski definition) is 5. The minimum Gasteiger partial charge on any atom is -0.462 e. The molecule has 1 aromatic carbocycles. The average Bonchev–Trinajstić information content (AvgIpc) is 2.91. The first kappa shape index (κ1) is 16.2. The molecule has 2 N–H and O–H groups in total. The van der Waals surface area contributed by atoms with E-state index in [-0.39, 0.29) is 18.1 Å². The lowest BCUT2D eigenvalue weighted by Gasteiger charge is -2.11. The summed E-state index contributed by atoms with van der Waals surface area (Å²) < 4.78 is 46.2. The van der Waals surface area contributed by atoms with E-state index < -0.39 is 31.7 Å². The summed E-state index contributed by atoms with van der Waals surface area (Å²) in [6.45, 7) is 1.17. The smallest absolute Gasteiger partial charge is 0.339 e. The second-order valence-corrected chi connectivity index (χ2v) is 6.58. The summed E-state index contributed by atoms with van der Waals surface area (Å²) in [5, 5.41) is 4.41. The highest BCUT2D eigenvalue weighted by Gasteiger charge is 2.23. The summed E-state index contributed by atoms with van der Waals surface area (Å²) in [7, 11) is -4.16. The largest absolute Gasteiger partial charge is 0.462 e. The van der Waals surface area contributed by atoms with E-state index in [1.54, 1.807) is 0 Å². The Labute approximate surface area is 126 Å². The van der Waals surface area contributed by atoms with E-state index in [1.807, 2.05) is 0 Å². The van der Waals surface area contributed by atoms with Gasteiger partial charge in [-0.15, -0.1) is 0 Å². The Morgan fingerprint density at radius 2 is 2.24 bits per heavy atom. The third-order valence-electron chi connectivity index (χ3n) is 3.02. The van der Waals surface area contributed by atoms with Gasteiger partial charge in [-0.25, -0.2) is 22.7 Å². The van der Waals surface area contributed by atoms with Crippen LogP contribution >= 0.6 is 11.6 Å². The van der Waals surface area contributed by atoms with E-state index in [9.17, 15) is 17.6 Å². The molecule has 1 heterocycles. The van der Waals surface area contributed by atoms with Gasteiger partial charge in [-0.3, -0.25) is 0 Å². The van der Waals surface area contributed by atoms with Gasteiger partial charge in [0.25, 0.3) is 0 Å². The van der Waals surface area contributed by atoms with Crippen molar-refractivity contribution in [2.45, 2.75) is 11.3 Å². The summed E-state index contributed by atoms with van der Waals surface area (Å²) in [5.41, 5.74) is -0.375. The number of esters is 1. The van der Waals surface area contributed by atoms with Gasteiger partial charge < -0.3 is 9.47 Å². The van der Waals surface area contributed by atoms with Crippen molar-refractivity contribution in [3.63, 3.8) is 0 Å². The Balaban J connectivity index is 2.21. The molecule has 0 radical (unpaired) electrons. The van der Waals surface area contributed by atoms with Crippen LogP contribution in [-0.2, 0) is 19.5 Å². The molecule has 0 bridgehead atoms. The molecule has 0 aromatic heterocycles. The molecule has 0 spiro atoms. The lowest BCUT2D eigenvalue weighted by molar-refractivity contribution is 0.0427. The van der Waals surface area contributed by atoms with E-state index in [0.717, 1.165) is 12.5 Å². The Hall–Kier alpha value is -1.22. The molecule has 1 saturated heterocycles. The van der Waals surface area contributed by atoms with Gasteiger partial charge in [-0.1, -0.05) is 11.6 Å². The van der Waals surface area contributed by atoms with Gasteiger partial charge in [0, 0.05) is 12.5 Å². The zero-order valence-corrected chi connectivity index (χ0v) is 12.4. The van der Waals surface area contributed by atoms with Crippen LogP contribution in [0, 0.1) is 11.7 Å². The molecule has 1 aliphatic heterocycles. The van der Waals surface area contributed by atoms with Crippen molar-refractivity contribution in [2.24, 2.45) is 11.1 Å². The van der Waals surface area contributed by atoms with Crippen molar-refractivity contribution in [1.82, 2.24) is 0 Å². The molecule has 21 heavy (non-hydrogen) atoms. The predicted molar refractivity (Wildman–Crippen MR) is 72.0 cm³/mol. The molecular formula is C12H13ClFNO5S. The molecule has 9 heteroatoms. The number of primary sulfonamides is 1. The van der Waals surface area contributed by atoms with Crippen LogP contribution in [0.3, 0.4) is 0 Å². The predicted octanol–water partition coefficient (Wildman–Crippen LogP) is 1.32. The molecule has 6 nitrogen and oxygen atoms in total. The summed E-state index contributed by atoms with van der Waals surface area (Å²) >= 11 is 5.67. The monoisotopic (exact) mass is 337 g/mol. The van der Waals surface area contributed by atoms with Gasteiger partial charge in [-0.2, -0.15) is 0 Å². The van der Waals surface area contributed by atoms with Gasteiger partial charge in [0.1, 0.15) is 5.82 Å². The Bertz CT molecular complexity index is 658. The number of carbonyl (C=O) groups is 1. The molecule has 0 amide bonds. The summed E-state index contributed by atoms with van der Waals surface area (Å²) in [5.74, 6) is -1.89. The van der Waals surface area contributed by atoms with Gasteiger partial charge in [0.05, 0.1) is 28.7 Å².